The van der Waals surface area contributed by atoms with Gasteiger partial charge in [0.15, 0.2) is 5.78 Å². The van der Waals surface area contributed by atoms with E-state index < -0.39 is 0 Å². The van der Waals surface area contributed by atoms with Crippen LogP contribution in [0, 0.1) is 23.7 Å². The third kappa shape index (κ3) is 1.78. The molecule has 0 fully saturated rings. The van der Waals surface area contributed by atoms with Crippen LogP contribution in [-0.2, 0) is 6.42 Å². The lowest BCUT2D eigenvalue weighted by Gasteiger charge is -2.30. The smallest absolute Gasteiger partial charge is 0.165 e. The average Bonchev–Trinajstić information content (AvgIpc) is 2.14. The molecule has 4 nitrogen and oxygen atoms in total. The number of nitrogen functional groups attached to an aromatic ring is 1. The fourth-order valence-corrected chi connectivity index (χ4v) is 2.47. The summed E-state index contributed by atoms with van der Waals surface area (Å²) in [6, 6.07) is 2.02. The molecule has 88 valence electrons. The molecule has 1 aromatic rings. The number of nitriles is 1. The van der Waals surface area contributed by atoms with E-state index in [9.17, 15) is 4.79 Å². The van der Waals surface area contributed by atoms with Crippen molar-refractivity contribution in [2.45, 2.75) is 33.6 Å². The van der Waals surface area contributed by atoms with Gasteiger partial charge < -0.3 is 5.73 Å². The first-order valence-electron chi connectivity index (χ1n) is 5.58. The first-order chi connectivity index (χ1) is 7.85. The highest BCUT2D eigenvalue weighted by atomic mass is 16.1. The predicted molar refractivity (Wildman–Crippen MR) is 64.5 cm³/mol. The van der Waals surface area contributed by atoms with Gasteiger partial charge in [-0.1, -0.05) is 13.8 Å². The Labute approximate surface area is 100 Å². The Hall–Kier alpha value is -1.89. The summed E-state index contributed by atoms with van der Waals surface area (Å²) in [6.07, 6.45) is 1.22. The maximum Gasteiger partial charge on any atom is 0.165 e. The van der Waals surface area contributed by atoms with Gasteiger partial charge in [-0.3, -0.25) is 4.79 Å². The van der Waals surface area contributed by atoms with Gasteiger partial charge in [-0.25, -0.2) is 4.98 Å². The molecule has 0 bridgehead atoms. The summed E-state index contributed by atoms with van der Waals surface area (Å²) >= 11 is 0. The van der Waals surface area contributed by atoms with Crippen LogP contribution in [0.4, 0.5) is 5.82 Å². The van der Waals surface area contributed by atoms with E-state index >= 15 is 0 Å². The average molecular weight is 229 g/mol. The molecule has 2 rings (SSSR count). The van der Waals surface area contributed by atoms with Crippen molar-refractivity contribution in [2.75, 3.05) is 5.73 Å². The summed E-state index contributed by atoms with van der Waals surface area (Å²) in [6.45, 7) is 5.85. The molecule has 0 unspecified atom stereocenters. The number of rotatable bonds is 0. The maximum absolute atomic E-state index is 12.1. The monoisotopic (exact) mass is 229 g/mol. The first kappa shape index (κ1) is 11.6. The van der Waals surface area contributed by atoms with E-state index in [0.717, 1.165) is 12.1 Å². The number of ketones is 1. The number of nitrogens with two attached hydrogens (primary N) is 1. The highest BCUT2D eigenvalue weighted by molar-refractivity contribution is 6.00. The lowest BCUT2D eigenvalue weighted by Crippen LogP contribution is -2.29. The van der Waals surface area contributed by atoms with Crippen LogP contribution in [0.2, 0.25) is 0 Å². The fourth-order valence-electron chi connectivity index (χ4n) is 2.47. The van der Waals surface area contributed by atoms with Crippen molar-refractivity contribution < 1.29 is 4.79 Å². The molecule has 0 aliphatic heterocycles. The summed E-state index contributed by atoms with van der Waals surface area (Å²) in [7, 11) is 0. The molecule has 0 aromatic carbocycles. The van der Waals surface area contributed by atoms with Crippen LogP contribution >= 0.6 is 0 Å². The summed E-state index contributed by atoms with van der Waals surface area (Å²) in [5, 5.41) is 9.01. The van der Waals surface area contributed by atoms with Crippen molar-refractivity contribution in [1.29, 1.82) is 5.26 Å². The first-order valence-corrected chi connectivity index (χ1v) is 5.58. The van der Waals surface area contributed by atoms with Crippen LogP contribution in [0.3, 0.4) is 0 Å². The number of fused-ring (bicyclic) bond motifs is 1. The molecule has 1 aromatic heterocycles. The number of hydrogen-bond donors (Lipinski definition) is 1. The van der Waals surface area contributed by atoms with Crippen molar-refractivity contribution in [3.63, 3.8) is 0 Å². The minimum absolute atomic E-state index is 0.0674. The zero-order valence-electron chi connectivity index (χ0n) is 10.3. The Bertz CT molecular complexity index is 553. The summed E-state index contributed by atoms with van der Waals surface area (Å²) in [5.41, 5.74) is 8.02. The zero-order chi connectivity index (χ0) is 12.8. The molecule has 1 heterocycles. The highest BCUT2D eigenvalue weighted by Gasteiger charge is 2.34. The molecule has 17 heavy (non-hydrogen) atoms. The molecule has 2 N–H and O–H groups in total. The van der Waals surface area contributed by atoms with Gasteiger partial charge in [0.05, 0.1) is 11.3 Å². The Balaban J connectivity index is 2.70. The fraction of sp³-hybridized carbons (Fsp3) is 0.462. The van der Waals surface area contributed by atoms with E-state index in [1.807, 2.05) is 19.9 Å². The molecule has 0 saturated carbocycles. The normalized spacial score (nSPS) is 17.4. The van der Waals surface area contributed by atoms with Gasteiger partial charge in [0.2, 0.25) is 0 Å². The van der Waals surface area contributed by atoms with Crippen LogP contribution in [0.25, 0.3) is 0 Å². The molecule has 4 heteroatoms. The second-order valence-electron chi connectivity index (χ2n) is 5.37. The topological polar surface area (TPSA) is 79.8 Å². The standard InChI is InChI=1S/C13H15N3O/c1-7-8(6-14)12(15)16-9-4-13(2,3)5-10(17)11(7)9/h4-5H2,1-3H3,(H2,15,16). The SMILES string of the molecule is Cc1c(C#N)c(N)nc2c1C(=O)CC(C)(C)C2. The number of pyridine rings is 1. The minimum Gasteiger partial charge on any atom is -0.383 e. The molecule has 0 saturated heterocycles. The molecule has 0 radical (unpaired) electrons. The van der Waals surface area contributed by atoms with Crippen molar-refractivity contribution in [1.82, 2.24) is 4.98 Å². The number of carbonyl (C=O) groups excluding carboxylic acids is 1. The third-order valence-corrected chi connectivity index (χ3v) is 3.23. The Morgan fingerprint density at radius 1 is 1.41 bits per heavy atom. The number of aromatic nitrogens is 1. The molecule has 0 atom stereocenters. The van der Waals surface area contributed by atoms with Gasteiger partial charge in [-0.05, 0) is 24.3 Å². The Morgan fingerprint density at radius 3 is 2.65 bits per heavy atom. The van der Waals surface area contributed by atoms with Crippen LogP contribution in [0.1, 0.15) is 47.4 Å². The summed E-state index contributed by atoms with van der Waals surface area (Å²) < 4.78 is 0. The van der Waals surface area contributed by atoms with Gasteiger partial charge in [0.1, 0.15) is 11.9 Å². The molecule has 0 spiro atoms. The highest BCUT2D eigenvalue weighted by Crippen LogP contribution is 2.36. The van der Waals surface area contributed by atoms with Gasteiger partial charge in [-0.2, -0.15) is 5.26 Å². The van der Waals surface area contributed by atoms with Crippen molar-refractivity contribution in [2.24, 2.45) is 5.41 Å². The summed E-state index contributed by atoms with van der Waals surface area (Å²) in [4.78, 5) is 16.3. The van der Waals surface area contributed by atoms with E-state index in [1.165, 1.54) is 0 Å². The van der Waals surface area contributed by atoms with Crippen LogP contribution in [-0.4, -0.2) is 10.8 Å². The van der Waals surface area contributed by atoms with E-state index in [4.69, 9.17) is 11.0 Å². The van der Waals surface area contributed by atoms with Crippen molar-refractivity contribution in [3.8, 4) is 6.07 Å². The van der Waals surface area contributed by atoms with Gasteiger partial charge in [0.25, 0.3) is 0 Å². The molecular formula is C13H15N3O. The summed E-state index contributed by atoms with van der Waals surface area (Å²) in [5.74, 6) is 0.298. The molecule has 0 amide bonds. The largest absolute Gasteiger partial charge is 0.383 e. The van der Waals surface area contributed by atoms with E-state index in [0.29, 0.717) is 23.1 Å². The van der Waals surface area contributed by atoms with Crippen LogP contribution < -0.4 is 5.73 Å². The van der Waals surface area contributed by atoms with Gasteiger partial charge >= 0.3 is 0 Å². The Kier molecular flexibility index (Phi) is 2.43. The predicted octanol–water partition coefficient (Wildman–Crippen LogP) is 2.00. The maximum atomic E-state index is 12.1. The lowest BCUT2D eigenvalue weighted by molar-refractivity contribution is 0.0909. The lowest BCUT2D eigenvalue weighted by atomic mass is 9.74. The number of anilines is 1. The van der Waals surface area contributed by atoms with Gasteiger partial charge in [-0.15, -0.1) is 0 Å². The molecule has 1 aliphatic carbocycles. The quantitative estimate of drug-likeness (QED) is 0.737. The van der Waals surface area contributed by atoms with Gasteiger partial charge in [0, 0.05) is 12.0 Å². The third-order valence-electron chi connectivity index (χ3n) is 3.23. The van der Waals surface area contributed by atoms with E-state index in [-0.39, 0.29) is 17.0 Å². The Morgan fingerprint density at radius 2 is 2.06 bits per heavy atom. The second kappa shape index (κ2) is 3.56. The number of carbonyl (C=O) groups is 1. The number of nitrogens with zero attached hydrogens (tertiary/aromatic N) is 2. The van der Waals surface area contributed by atoms with Crippen molar-refractivity contribution in [3.05, 3.63) is 22.4 Å². The zero-order valence-corrected chi connectivity index (χ0v) is 10.3. The number of Topliss-reactive ketones (excluding diaryl/α,β-unsaturated/α-hetero) is 1. The minimum atomic E-state index is -0.0792. The molecular weight excluding hydrogens is 214 g/mol. The van der Waals surface area contributed by atoms with Crippen LogP contribution in [0.15, 0.2) is 0 Å². The van der Waals surface area contributed by atoms with Crippen molar-refractivity contribution >= 4 is 11.6 Å². The second-order valence-corrected chi connectivity index (χ2v) is 5.37. The van der Waals surface area contributed by atoms with E-state index in [1.54, 1.807) is 6.92 Å². The van der Waals surface area contributed by atoms with E-state index in [2.05, 4.69) is 4.98 Å². The van der Waals surface area contributed by atoms with Crippen LogP contribution in [0.5, 0.6) is 0 Å². The molecule has 1 aliphatic rings. The number of hydrogen-bond acceptors (Lipinski definition) is 4.